The Morgan fingerprint density at radius 2 is 1.86 bits per heavy atom. The number of benzene rings is 2. The summed E-state index contributed by atoms with van der Waals surface area (Å²) in [5.74, 6) is 0.708. The summed E-state index contributed by atoms with van der Waals surface area (Å²) >= 11 is 19.2. The smallest absolute Gasteiger partial charge is 0.156 e. The number of hydrogen-bond donors (Lipinski definition) is 1. The molecule has 0 bridgehead atoms. The molecule has 0 spiro atoms. The minimum absolute atomic E-state index is 0.00451. The maximum atomic E-state index is 6.29. The lowest BCUT2D eigenvalue weighted by Gasteiger charge is -2.20. The van der Waals surface area contributed by atoms with E-state index in [0.717, 1.165) is 20.2 Å². The molecule has 0 heterocycles. The molecule has 0 aliphatic carbocycles. The molecule has 0 aliphatic rings. The third-order valence-corrected chi connectivity index (χ3v) is 4.64. The molecule has 2 nitrogen and oxygen atoms in total. The van der Waals surface area contributed by atoms with Crippen LogP contribution in [-0.2, 0) is 0 Å². The minimum atomic E-state index is 0.00451. The Morgan fingerprint density at radius 3 is 2.48 bits per heavy atom. The van der Waals surface area contributed by atoms with Crippen molar-refractivity contribution in [1.29, 1.82) is 0 Å². The number of ether oxygens (including phenoxy) is 1. The molecule has 0 amide bonds. The van der Waals surface area contributed by atoms with Crippen LogP contribution in [-0.4, -0.2) is 7.11 Å². The predicted molar refractivity (Wildman–Crippen MR) is 96.9 cm³/mol. The van der Waals surface area contributed by atoms with Crippen LogP contribution >= 0.6 is 55.1 Å². The summed E-state index contributed by atoms with van der Waals surface area (Å²) in [6.45, 7) is 2.03. The Morgan fingerprint density at radius 1 is 1.14 bits per heavy atom. The maximum absolute atomic E-state index is 6.29. The van der Waals surface area contributed by atoms with Crippen molar-refractivity contribution in [3.8, 4) is 5.75 Å². The van der Waals surface area contributed by atoms with Gasteiger partial charge in [-0.2, -0.15) is 0 Å². The van der Waals surface area contributed by atoms with E-state index in [-0.39, 0.29) is 6.04 Å². The van der Waals surface area contributed by atoms with Crippen molar-refractivity contribution >= 4 is 60.7 Å². The highest BCUT2D eigenvalue weighted by Crippen LogP contribution is 2.38. The number of rotatable bonds is 4. The molecule has 1 N–H and O–H groups in total. The van der Waals surface area contributed by atoms with E-state index in [0.29, 0.717) is 15.8 Å². The molecular weight excluding hydrogens is 441 g/mol. The molecule has 0 aliphatic heterocycles. The predicted octanol–water partition coefficient (Wildman–Crippen LogP) is 6.70. The summed E-state index contributed by atoms with van der Waals surface area (Å²) in [5.41, 5.74) is 1.81. The topological polar surface area (TPSA) is 21.3 Å². The van der Waals surface area contributed by atoms with Gasteiger partial charge >= 0.3 is 0 Å². The lowest BCUT2D eigenvalue weighted by molar-refractivity contribution is 0.413. The van der Waals surface area contributed by atoms with Crippen molar-refractivity contribution < 1.29 is 4.74 Å². The van der Waals surface area contributed by atoms with Crippen LogP contribution in [0.15, 0.2) is 39.3 Å². The summed E-state index contributed by atoms with van der Waals surface area (Å²) in [6.07, 6.45) is 0. The number of halogens is 4. The second kappa shape index (κ2) is 7.23. The van der Waals surface area contributed by atoms with Gasteiger partial charge < -0.3 is 10.1 Å². The summed E-state index contributed by atoms with van der Waals surface area (Å²) in [6, 6.07) is 9.45. The van der Waals surface area contributed by atoms with Gasteiger partial charge in [0.25, 0.3) is 0 Å². The van der Waals surface area contributed by atoms with Gasteiger partial charge in [-0.25, -0.2) is 0 Å². The number of hydrogen-bond acceptors (Lipinski definition) is 2. The molecule has 0 radical (unpaired) electrons. The normalized spacial score (nSPS) is 12.1. The second-order valence-corrected chi connectivity index (χ2v) is 7.11. The Bertz CT molecular complexity index is 664. The molecule has 2 aromatic carbocycles. The van der Waals surface area contributed by atoms with E-state index in [2.05, 4.69) is 37.2 Å². The van der Waals surface area contributed by atoms with Gasteiger partial charge in [0.15, 0.2) is 5.75 Å². The average Bonchev–Trinajstić information content (AvgIpc) is 2.37. The van der Waals surface area contributed by atoms with E-state index in [9.17, 15) is 0 Å². The van der Waals surface area contributed by atoms with Crippen LogP contribution in [0.3, 0.4) is 0 Å². The van der Waals surface area contributed by atoms with E-state index in [1.54, 1.807) is 13.2 Å². The molecule has 1 unspecified atom stereocenters. The molecule has 0 aromatic heterocycles. The molecule has 112 valence electrons. The standard InChI is InChI=1S/C15H13Br2Cl2NO/c1-8(11-4-3-9(16)5-13(11)19)20-14-7-10(18)6-12(17)15(14)21-2/h3-8,20H,1-2H3. The third kappa shape index (κ3) is 4.07. The fourth-order valence-corrected chi connectivity index (χ4v) is 3.85. The van der Waals surface area contributed by atoms with Gasteiger partial charge in [0, 0.05) is 14.5 Å². The summed E-state index contributed by atoms with van der Waals surface area (Å²) in [4.78, 5) is 0. The van der Waals surface area contributed by atoms with E-state index in [1.807, 2.05) is 31.2 Å². The number of nitrogens with one attached hydrogen (secondary N) is 1. The van der Waals surface area contributed by atoms with Crippen molar-refractivity contribution in [1.82, 2.24) is 0 Å². The molecular formula is C15H13Br2Cl2NO. The lowest BCUT2D eigenvalue weighted by atomic mass is 10.1. The first-order valence-corrected chi connectivity index (χ1v) is 8.51. The average molecular weight is 454 g/mol. The first-order chi connectivity index (χ1) is 9.92. The Labute approximate surface area is 151 Å². The zero-order valence-electron chi connectivity index (χ0n) is 11.4. The zero-order chi connectivity index (χ0) is 15.6. The largest absolute Gasteiger partial charge is 0.493 e. The highest BCUT2D eigenvalue weighted by Gasteiger charge is 2.15. The minimum Gasteiger partial charge on any atom is -0.493 e. The van der Waals surface area contributed by atoms with Gasteiger partial charge in [-0.3, -0.25) is 0 Å². The summed E-state index contributed by atoms with van der Waals surface area (Å²) < 4.78 is 7.16. The molecule has 0 saturated heterocycles. The van der Waals surface area contributed by atoms with Gasteiger partial charge in [0.05, 0.1) is 23.3 Å². The molecule has 0 fully saturated rings. The first kappa shape index (κ1) is 16.9. The van der Waals surface area contributed by atoms with Crippen LogP contribution < -0.4 is 10.1 Å². The van der Waals surface area contributed by atoms with Gasteiger partial charge in [0.1, 0.15) is 0 Å². The zero-order valence-corrected chi connectivity index (χ0v) is 16.1. The van der Waals surface area contributed by atoms with Crippen LogP contribution in [0.4, 0.5) is 5.69 Å². The van der Waals surface area contributed by atoms with Crippen molar-refractivity contribution in [3.63, 3.8) is 0 Å². The van der Waals surface area contributed by atoms with E-state index in [1.165, 1.54) is 0 Å². The lowest BCUT2D eigenvalue weighted by Crippen LogP contribution is -2.08. The molecule has 0 saturated carbocycles. The highest BCUT2D eigenvalue weighted by molar-refractivity contribution is 9.10. The van der Waals surface area contributed by atoms with E-state index >= 15 is 0 Å². The molecule has 2 rings (SSSR count). The second-order valence-electron chi connectivity index (χ2n) is 4.50. The van der Waals surface area contributed by atoms with Crippen LogP contribution in [0.25, 0.3) is 0 Å². The van der Waals surface area contributed by atoms with E-state index < -0.39 is 0 Å². The van der Waals surface area contributed by atoms with Crippen LogP contribution in [0.1, 0.15) is 18.5 Å². The number of anilines is 1. The van der Waals surface area contributed by atoms with Gasteiger partial charge in [-0.15, -0.1) is 0 Å². The Hall–Kier alpha value is -0.420. The third-order valence-electron chi connectivity index (χ3n) is 3.01. The SMILES string of the molecule is COc1c(Br)cc(Cl)cc1NC(C)c1ccc(Br)cc1Cl. The summed E-state index contributed by atoms with van der Waals surface area (Å²) in [7, 11) is 1.62. The number of methoxy groups -OCH3 is 1. The molecule has 21 heavy (non-hydrogen) atoms. The van der Waals surface area contributed by atoms with Gasteiger partial charge in [-0.05, 0) is 52.7 Å². The quantitative estimate of drug-likeness (QED) is 0.556. The Balaban J connectivity index is 2.33. The van der Waals surface area contributed by atoms with E-state index in [4.69, 9.17) is 27.9 Å². The van der Waals surface area contributed by atoms with Crippen molar-refractivity contribution in [2.75, 3.05) is 12.4 Å². The van der Waals surface area contributed by atoms with Crippen molar-refractivity contribution in [3.05, 3.63) is 54.9 Å². The van der Waals surface area contributed by atoms with Crippen LogP contribution in [0.5, 0.6) is 5.75 Å². The summed E-state index contributed by atoms with van der Waals surface area (Å²) in [5, 5.41) is 4.70. The van der Waals surface area contributed by atoms with Gasteiger partial charge in [-0.1, -0.05) is 45.2 Å². The molecule has 6 heteroatoms. The first-order valence-electron chi connectivity index (χ1n) is 6.17. The maximum Gasteiger partial charge on any atom is 0.156 e. The Kier molecular flexibility index (Phi) is 5.83. The molecule has 1 atom stereocenters. The fourth-order valence-electron chi connectivity index (χ4n) is 2.04. The fraction of sp³-hybridized carbons (Fsp3) is 0.200. The van der Waals surface area contributed by atoms with Crippen LogP contribution in [0.2, 0.25) is 10.0 Å². The molecule has 2 aromatic rings. The monoisotopic (exact) mass is 451 g/mol. The van der Waals surface area contributed by atoms with Crippen LogP contribution in [0, 0.1) is 0 Å². The van der Waals surface area contributed by atoms with Crippen molar-refractivity contribution in [2.24, 2.45) is 0 Å². The van der Waals surface area contributed by atoms with Gasteiger partial charge in [0.2, 0.25) is 0 Å². The highest BCUT2D eigenvalue weighted by atomic mass is 79.9. The van der Waals surface area contributed by atoms with Crippen molar-refractivity contribution in [2.45, 2.75) is 13.0 Å².